The number of carbonyl (C=O) groups is 2. The zero-order chi connectivity index (χ0) is 88.3. The molecule has 0 saturated heterocycles. The first-order valence-corrected chi connectivity index (χ1v) is 44.3. The topological polar surface area (TPSA) is 34.1 Å². The molecule has 2 aliphatic rings. The van der Waals surface area contributed by atoms with Crippen LogP contribution in [0.5, 0.6) is 0 Å². The fraction of sp³-hybridized carbons (Fsp3) is 0.830. The first-order valence-electron chi connectivity index (χ1n) is 44.3. The van der Waals surface area contributed by atoms with Gasteiger partial charge in [0.25, 0.3) is 0 Å². The lowest BCUT2D eigenvalue weighted by molar-refractivity contribution is -0.132. The molecule has 0 spiro atoms. The minimum atomic E-state index is -0.123. The first kappa shape index (κ1) is 121. The second kappa shape index (κ2) is 54.2. The summed E-state index contributed by atoms with van der Waals surface area (Å²) in [4.78, 5) is 23.6. The van der Waals surface area contributed by atoms with Gasteiger partial charge in [-0.2, -0.15) is 0 Å². The molecule has 2 saturated carbocycles. The van der Waals surface area contributed by atoms with Crippen LogP contribution in [0.4, 0.5) is 0 Å². The van der Waals surface area contributed by atoms with Gasteiger partial charge in [0, 0.05) is 22.7 Å². The zero-order valence-corrected chi connectivity index (χ0v) is 84.0. The molecule has 0 aromatic heterocycles. The third-order valence-corrected chi connectivity index (χ3v) is 22.3. The molecule has 108 heavy (non-hydrogen) atoms. The monoisotopic (exact) mass is 1510 g/mol. The number of allylic oxidation sites excluding steroid dienone is 8. The molecule has 0 aliphatic heterocycles. The third kappa shape index (κ3) is 64.6. The molecular formula is C106H208O2. The van der Waals surface area contributed by atoms with Gasteiger partial charge in [0.1, 0.15) is 11.6 Å². The first-order chi connectivity index (χ1) is 47.7. The fourth-order valence-corrected chi connectivity index (χ4v) is 12.1. The Morgan fingerprint density at radius 2 is 0.389 bits per heavy atom. The van der Waals surface area contributed by atoms with Gasteiger partial charge in [0.05, 0.1) is 0 Å². The molecule has 0 N–H and O–H groups in total. The van der Waals surface area contributed by atoms with E-state index >= 15 is 0 Å². The maximum Gasteiger partial charge on any atom is 0.141 e. The molecule has 0 heterocycles. The highest BCUT2D eigenvalue weighted by molar-refractivity contribution is 5.86. The van der Waals surface area contributed by atoms with E-state index in [4.69, 9.17) is 0 Å². The van der Waals surface area contributed by atoms with Crippen LogP contribution in [0.3, 0.4) is 0 Å². The number of Topliss-reactive ketones (excluding diaryl/α,β-unsaturated/α-hetero) is 2. The van der Waals surface area contributed by atoms with Gasteiger partial charge < -0.3 is 0 Å². The van der Waals surface area contributed by atoms with Crippen molar-refractivity contribution in [3.8, 4) is 0 Å². The van der Waals surface area contributed by atoms with E-state index in [-0.39, 0.29) is 54.1 Å². The average molecular weight is 1510 g/mol. The zero-order valence-electron chi connectivity index (χ0n) is 84.0. The molecule has 0 aromatic carbocycles. The maximum absolute atomic E-state index is 11.8. The van der Waals surface area contributed by atoms with Crippen molar-refractivity contribution >= 4 is 11.6 Å². The van der Waals surface area contributed by atoms with Crippen LogP contribution < -0.4 is 0 Å². The van der Waals surface area contributed by atoms with E-state index in [9.17, 15) is 9.59 Å². The van der Waals surface area contributed by atoms with Gasteiger partial charge in [-0.25, -0.2) is 0 Å². The smallest absolute Gasteiger partial charge is 0.141 e. The lowest BCUT2D eigenvalue weighted by Crippen LogP contribution is -2.29. The van der Waals surface area contributed by atoms with E-state index in [1.807, 2.05) is 41.5 Å². The van der Waals surface area contributed by atoms with Crippen molar-refractivity contribution in [1.82, 2.24) is 0 Å². The van der Waals surface area contributed by atoms with Crippen molar-refractivity contribution in [2.45, 2.75) is 485 Å². The minimum absolute atomic E-state index is 0.123. The maximum atomic E-state index is 11.8. The minimum Gasteiger partial charge on any atom is -0.299 e. The summed E-state index contributed by atoms with van der Waals surface area (Å²) in [6, 6.07) is 0. The van der Waals surface area contributed by atoms with Gasteiger partial charge in [-0.3, -0.25) is 9.59 Å². The summed E-state index contributed by atoms with van der Waals surface area (Å²) in [5.41, 5.74) is 14.0. The Hall–Kier alpha value is -2.74. The van der Waals surface area contributed by atoms with Gasteiger partial charge in [-0.1, -0.05) is 493 Å². The van der Waals surface area contributed by atoms with E-state index in [1.165, 1.54) is 186 Å². The van der Waals surface area contributed by atoms with Crippen molar-refractivity contribution < 1.29 is 9.59 Å². The quantitative estimate of drug-likeness (QED) is 0.0899. The molecule has 0 radical (unpaired) electrons. The Morgan fingerprint density at radius 1 is 0.222 bits per heavy atom. The molecule has 0 unspecified atom stereocenters. The van der Waals surface area contributed by atoms with E-state index in [2.05, 4.69) is 330 Å². The van der Waals surface area contributed by atoms with Crippen LogP contribution in [-0.4, -0.2) is 11.6 Å². The van der Waals surface area contributed by atoms with Crippen molar-refractivity contribution in [2.24, 2.45) is 87.6 Å². The molecule has 644 valence electrons. The van der Waals surface area contributed by atoms with Crippen LogP contribution in [0.25, 0.3) is 0 Å². The second-order valence-electron chi connectivity index (χ2n) is 46.3. The number of unbranched alkanes of at least 4 members (excludes halogenated alkanes) is 6. The molecule has 2 fully saturated rings. The predicted molar refractivity (Wildman–Crippen MR) is 505 cm³/mol. The largest absolute Gasteiger partial charge is 0.299 e. The molecule has 2 aliphatic carbocycles. The summed E-state index contributed by atoms with van der Waals surface area (Å²) in [5.74, 6) is 1.70. The van der Waals surface area contributed by atoms with Gasteiger partial charge in [0.15, 0.2) is 0 Å². The van der Waals surface area contributed by atoms with Crippen molar-refractivity contribution in [1.29, 1.82) is 0 Å². The Labute approximate surface area is 687 Å². The number of ketones is 2. The van der Waals surface area contributed by atoms with Gasteiger partial charge >= 0.3 is 0 Å². The standard InChI is InChI=1S/2C11H20O.4C11H22.4C10H20/c2*1-11(2,3)10(12)9-7-5-4-6-8-9;2*1-8-11(6,7)9(2)10(3,4)5;2*1-6-7-8-9-10(2)11(3,4)5;2*1-8(9(2,3)4)10(5,6)7;2*1-6-7-8-9(2)10(3,4)5/h2*9H,4-8H2,1-3H3;2*2,8H2,1,3-7H3;2*2,6-9H2,1,3-5H3;2*1H2,2-7H3;2*2,6-8H2,1,3-5H3. The van der Waals surface area contributed by atoms with Crippen LogP contribution in [0.15, 0.2) is 97.2 Å². The highest BCUT2D eigenvalue weighted by atomic mass is 16.1. The summed E-state index contributed by atoms with van der Waals surface area (Å²) < 4.78 is 0. The summed E-state index contributed by atoms with van der Waals surface area (Å²) in [7, 11) is 0. The highest BCUT2D eigenvalue weighted by Crippen LogP contribution is 2.43. The normalized spacial score (nSPS) is 14.4. The second-order valence-corrected chi connectivity index (χ2v) is 46.3. The Morgan fingerprint density at radius 3 is 0.500 bits per heavy atom. The van der Waals surface area contributed by atoms with Crippen molar-refractivity contribution in [3.63, 3.8) is 0 Å². The van der Waals surface area contributed by atoms with Crippen LogP contribution in [0.1, 0.15) is 485 Å². The number of carbonyl (C=O) groups excluding carboxylic acids is 2. The van der Waals surface area contributed by atoms with E-state index < -0.39 is 0 Å². The molecule has 0 amide bonds. The Balaban J connectivity index is -0.000000172. The van der Waals surface area contributed by atoms with Gasteiger partial charge in [0.2, 0.25) is 0 Å². The summed E-state index contributed by atoms with van der Waals surface area (Å²) in [6.07, 6.45) is 32.4. The van der Waals surface area contributed by atoms with E-state index in [1.54, 1.807) is 0 Å². The number of rotatable bonds is 20. The number of hydrogen-bond acceptors (Lipinski definition) is 2. The average Bonchev–Trinajstić information content (AvgIpc) is 0.856. The Bertz CT molecular complexity index is 2260. The van der Waals surface area contributed by atoms with Crippen LogP contribution >= 0.6 is 0 Å². The summed E-state index contributed by atoms with van der Waals surface area (Å²) in [6.45, 7) is 134. The third-order valence-electron chi connectivity index (χ3n) is 22.3. The predicted octanol–water partition coefficient (Wildman–Crippen LogP) is 37.6. The summed E-state index contributed by atoms with van der Waals surface area (Å²) >= 11 is 0. The molecule has 0 bridgehead atoms. The number of hydrogen-bond donors (Lipinski definition) is 0. The molecule has 0 atom stereocenters. The Kier molecular flexibility index (Phi) is 60.7. The lowest BCUT2D eigenvalue weighted by atomic mass is 9.70. The van der Waals surface area contributed by atoms with Gasteiger partial charge in [-0.05, 0) is 155 Å². The SMILES string of the molecule is C=C(C(C)(C)C)C(C)(C)C.C=C(C(C)(C)C)C(C)(C)C.C=C(C(C)(C)C)C(C)(C)CC.C=C(C(C)(C)C)C(C)(C)CC.C=C(CCCC)C(C)(C)C.C=C(CCCC)C(C)(C)C.C=C(CCCCC)C(C)(C)C.C=C(CCCCC)C(C)(C)C.CC(C)(C)C(=O)C1CCCCC1.CC(C)(C)C(=O)C1CCCCC1. The summed E-state index contributed by atoms with van der Waals surface area (Å²) in [5, 5.41) is 0. The molecular weight excluding hydrogens is 1310 g/mol. The molecule has 2 rings (SSSR count). The fourth-order valence-electron chi connectivity index (χ4n) is 12.1. The molecule has 2 heteroatoms. The van der Waals surface area contributed by atoms with Crippen molar-refractivity contribution in [3.05, 3.63) is 97.2 Å². The highest BCUT2D eigenvalue weighted by Gasteiger charge is 2.33. The van der Waals surface area contributed by atoms with Gasteiger partial charge in [-0.15, -0.1) is 0 Å². The lowest BCUT2D eigenvalue weighted by Gasteiger charge is -2.35. The molecule has 0 aromatic rings. The van der Waals surface area contributed by atoms with Crippen LogP contribution in [-0.2, 0) is 9.59 Å². The van der Waals surface area contributed by atoms with Crippen LogP contribution in [0.2, 0.25) is 0 Å². The van der Waals surface area contributed by atoms with E-state index in [0.717, 1.165) is 25.7 Å². The van der Waals surface area contributed by atoms with Crippen LogP contribution in [0, 0.1) is 87.6 Å². The van der Waals surface area contributed by atoms with Crippen molar-refractivity contribution in [2.75, 3.05) is 0 Å². The van der Waals surface area contributed by atoms with E-state index in [0.29, 0.717) is 45.1 Å². The molecule has 2 nitrogen and oxygen atoms in total.